The summed E-state index contributed by atoms with van der Waals surface area (Å²) in [5.74, 6) is -0.721. The smallest absolute Gasteiger partial charge is 0.410 e. The Balaban J connectivity index is 1.79. The van der Waals surface area contributed by atoms with Gasteiger partial charge in [0.1, 0.15) is 11.6 Å². The first kappa shape index (κ1) is 22.1. The average molecular weight is 417 g/mol. The Bertz CT molecular complexity index is 778. The van der Waals surface area contributed by atoms with Gasteiger partial charge in [-0.15, -0.1) is 0 Å². The van der Waals surface area contributed by atoms with Crippen LogP contribution < -0.4 is 5.32 Å². The highest BCUT2D eigenvalue weighted by Crippen LogP contribution is 2.39. The number of amides is 2. The number of carboxylic acids is 1. The van der Waals surface area contributed by atoms with E-state index in [0.29, 0.717) is 18.2 Å². The van der Waals surface area contributed by atoms with Gasteiger partial charge in [-0.05, 0) is 63.3 Å². The molecule has 30 heavy (non-hydrogen) atoms. The molecule has 1 saturated carbocycles. The zero-order valence-corrected chi connectivity index (χ0v) is 18.0. The number of ether oxygens (including phenoxy) is 1. The van der Waals surface area contributed by atoms with Crippen molar-refractivity contribution >= 4 is 23.7 Å². The first-order valence-corrected chi connectivity index (χ1v) is 10.8. The Kier molecular flexibility index (Phi) is 6.68. The summed E-state index contributed by atoms with van der Waals surface area (Å²) in [4.78, 5) is 38.7. The van der Waals surface area contributed by atoms with Crippen LogP contribution in [0.3, 0.4) is 0 Å². The van der Waals surface area contributed by atoms with Crippen molar-refractivity contribution in [3.63, 3.8) is 0 Å². The zero-order chi connectivity index (χ0) is 21.9. The number of carbonyl (C=O) groups is 3. The summed E-state index contributed by atoms with van der Waals surface area (Å²) in [6, 6.07) is 5.48. The predicted molar refractivity (Wildman–Crippen MR) is 113 cm³/mol. The van der Waals surface area contributed by atoms with E-state index in [2.05, 4.69) is 5.32 Å². The number of hydrogen-bond donors (Lipinski definition) is 2. The second-order valence-electron chi connectivity index (χ2n) is 9.34. The van der Waals surface area contributed by atoms with Gasteiger partial charge in [0.2, 0.25) is 5.91 Å². The summed E-state index contributed by atoms with van der Waals surface area (Å²) in [7, 11) is 0. The average Bonchev–Trinajstić information content (AvgIpc) is 3.13. The Morgan fingerprint density at radius 1 is 1.03 bits per heavy atom. The van der Waals surface area contributed by atoms with Crippen molar-refractivity contribution in [1.82, 2.24) is 4.90 Å². The molecule has 164 valence electrons. The van der Waals surface area contributed by atoms with Crippen LogP contribution in [0.2, 0.25) is 0 Å². The van der Waals surface area contributed by atoms with Crippen molar-refractivity contribution in [2.24, 2.45) is 11.8 Å². The molecule has 0 aromatic heterocycles. The van der Waals surface area contributed by atoms with Gasteiger partial charge in [-0.2, -0.15) is 0 Å². The molecule has 2 atom stereocenters. The Labute approximate surface area is 177 Å². The van der Waals surface area contributed by atoms with Crippen LogP contribution in [0.25, 0.3) is 0 Å². The van der Waals surface area contributed by atoms with Crippen LogP contribution in [0.5, 0.6) is 0 Å². The van der Waals surface area contributed by atoms with Crippen LogP contribution in [0.1, 0.15) is 69.7 Å². The van der Waals surface area contributed by atoms with E-state index in [1.54, 1.807) is 17.0 Å². The molecular formula is C23H32N2O5. The van der Waals surface area contributed by atoms with Gasteiger partial charge in [0.05, 0.1) is 5.56 Å². The molecule has 1 saturated heterocycles. The number of anilines is 1. The van der Waals surface area contributed by atoms with Crippen LogP contribution in [-0.2, 0) is 9.53 Å². The minimum absolute atomic E-state index is 0.108. The normalized spacial score (nSPS) is 22.6. The van der Waals surface area contributed by atoms with Crippen LogP contribution in [0.4, 0.5) is 10.5 Å². The van der Waals surface area contributed by atoms with E-state index in [1.165, 1.54) is 31.4 Å². The molecule has 0 unspecified atom stereocenters. The summed E-state index contributed by atoms with van der Waals surface area (Å²) < 4.78 is 5.57. The molecule has 1 aliphatic carbocycles. The summed E-state index contributed by atoms with van der Waals surface area (Å²) in [6.45, 7) is 5.96. The quantitative estimate of drug-likeness (QED) is 0.752. The number of nitrogens with zero attached hydrogens (tertiary/aromatic N) is 1. The van der Waals surface area contributed by atoms with E-state index in [9.17, 15) is 14.4 Å². The second-order valence-corrected chi connectivity index (χ2v) is 9.34. The molecule has 1 aromatic carbocycles. The number of rotatable bonds is 4. The zero-order valence-electron chi connectivity index (χ0n) is 18.0. The topological polar surface area (TPSA) is 95.9 Å². The molecular weight excluding hydrogens is 384 g/mol. The summed E-state index contributed by atoms with van der Waals surface area (Å²) >= 11 is 0. The number of hydrogen-bond acceptors (Lipinski definition) is 4. The molecule has 1 aromatic rings. The number of carboxylic acid groups (broad SMARTS) is 1. The molecule has 0 radical (unpaired) electrons. The van der Waals surface area contributed by atoms with Crippen molar-refractivity contribution in [1.29, 1.82) is 0 Å². The van der Waals surface area contributed by atoms with Gasteiger partial charge in [0.25, 0.3) is 0 Å². The largest absolute Gasteiger partial charge is 0.478 e. The van der Waals surface area contributed by atoms with E-state index >= 15 is 0 Å². The number of benzene rings is 1. The maximum atomic E-state index is 13.3. The highest BCUT2D eigenvalue weighted by atomic mass is 16.6. The highest BCUT2D eigenvalue weighted by molar-refractivity contribution is 5.97. The SMILES string of the molecule is CC(C)(C)OC(=O)N1CC[C@@H](C2CCCCC2)[C@@H]1C(=O)Nc1ccc(C(=O)O)cc1. The fourth-order valence-corrected chi connectivity index (χ4v) is 4.65. The van der Waals surface area contributed by atoms with Gasteiger partial charge in [0, 0.05) is 12.2 Å². The Morgan fingerprint density at radius 3 is 2.23 bits per heavy atom. The molecule has 1 heterocycles. The van der Waals surface area contributed by atoms with Crippen molar-refractivity contribution in [2.45, 2.75) is 70.9 Å². The van der Waals surface area contributed by atoms with Gasteiger partial charge in [-0.25, -0.2) is 9.59 Å². The van der Waals surface area contributed by atoms with Crippen molar-refractivity contribution in [3.05, 3.63) is 29.8 Å². The highest BCUT2D eigenvalue weighted by Gasteiger charge is 2.46. The van der Waals surface area contributed by atoms with Gasteiger partial charge < -0.3 is 15.2 Å². The van der Waals surface area contributed by atoms with Crippen LogP contribution in [0.15, 0.2) is 24.3 Å². The maximum Gasteiger partial charge on any atom is 0.410 e. The number of likely N-dealkylation sites (tertiary alicyclic amines) is 1. The molecule has 1 aliphatic heterocycles. The molecule has 7 nitrogen and oxygen atoms in total. The van der Waals surface area contributed by atoms with E-state index in [4.69, 9.17) is 9.84 Å². The fraction of sp³-hybridized carbons (Fsp3) is 0.609. The van der Waals surface area contributed by atoms with Crippen molar-refractivity contribution < 1.29 is 24.2 Å². The molecule has 7 heteroatoms. The minimum atomic E-state index is -1.02. The lowest BCUT2D eigenvalue weighted by Crippen LogP contribution is -2.49. The van der Waals surface area contributed by atoms with Gasteiger partial charge >= 0.3 is 12.1 Å². The van der Waals surface area contributed by atoms with E-state index in [1.807, 2.05) is 20.8 Å². The Morgan fingerprint density at radius 2 is 1.67 bits per heavy atom. The molecule has 2 aliphatic rings. The van der Waals surface area contributed by atoms with E-state index in [-0.39, 0.29) is 17.4 Å². The number of aromatic carboxylic acids is 1. The van der Waals surface area contributed by atoms with Crippen LogP contribution >= 0.6 is 0 Å². The summed E-state index contributed by atoms with van der Waals surface area (Å²) in [5, 5.41) is 11.9. The third kappa shape index (κ3) is 5.32. The lowest BCUT2D eigenvalue weighted by molar-refractivity contribution is -0.122. The van der Waals surface area contributed by atoms with Crippen molar-refractivity contribution in [2.75, 3.05) is 11.9 Å². The van der Waals surface area contributed by atoms with Crippen LogP contribution in [0, 0.1) is 11.8 Å². The fourth-order valence-electron chi connectivity index (χ4n) is 4.65. The molecule has 2 N–H and O–H groups in total. The standard InChI is InChI=1S/C23H32N2O5/c1-23(2,3)30-22(29)25-14-13-18(15-7-5-4-6-8-15)19(25)20(26)24-17-11-9-16(10-12-17)21(27)28/h9-12,15,18-19H,4-8,13-14H2,1-3H3,(H,24,26)(H,27,28)/t18-,19+/m0/s1. The van der Waals surface area contributed by atoms with Gasteiger partial charge in [0.15, 0.2) is 0 Å². The van der Waals surface area contributed by atoms with E-state index < -0.39 is 23.7 Å². The monoisotopic (exact) mass is 416 g/mol. The molecule has 3 rings (SSSR count). The number of nitrogens with one attached hydrogen (secondary N) is 1. The lowest BCUT2D eigenvalue weighted by Gasteiger charge is -2.34. The third-order valence-electron chi connectivity index (χ3n) is 6.00. The lowest BCUT2D eigenvalue weighted by atomic mass is 9.76. The van der Waals surface area contributed by atoms with E-state index in [0.717, 1.165) is 19.3 Å². The predicted octanol–water partition coefficient (Wildman–Crippen LogP) is 4.53. The molecule has 2 amide bonds. The van der Waals surface area contributed by atoms with Crippen LogP contribution in [-0.4, -0.2) is 46.2 Å². The summed E-state index contributed by atoms with van der Waals surface area (Å²) in [5.41, 5.74) is 0.0426. The van der Waals surface area contributed by atoms with Gasteiger partial charge in [-0.1, -0.05) is 32.1 Å². The maximum absolute atomic E-state index is 13.3. The first-order valence-electron chi connectivity index (χ1n) is 10.8. The minimum Gasteiger partial charge on any atom is -0.478 e. The first-order chi connectivity index (χ1) is 14.2. The Hall–Kier alpha value is -2.57. The number of carbonyl (C=O) groups excluding carboxylic acids is 2. The molecule has 2 fully saturated rings. The molecule has 0 bridgehead atoms. The summed E-state index contributed by atoms with van der Waals surface area (Å²) in [6.07, 6.45) is 6.07. The third-order valence-corrected chi connectivity index (χ3v) is 6.00. The second kappa shape index (κ2) is 9.06. The van der Waals surface area contributed by atoms with Crippen molar-refractivity contribution in [3.8, 4) is 0 Å². The van der Waals surface area contributed by atoms with Gasteiger partial charge in [-0.3, -0.25) is 9.69 Å². The molecule has 0 spiro atoms.